The first kappa shape index (κ1) is 18.5. The van der Waals surface area contributed by atoms with Crippen LogP contribution in [0.15, 0.2) is 23.4 Å². The summed E-state index contributed by atoms with van der Waals surface area (Å²) in [6.07, 6.45) is 2.30. The van der Waals surface area contributed by atoms with E-state index in [1.165, 1.54) is 11.8 Å². The number of thioether (sulfide) groups is 1. The van der Waals surface area contributed by atoms with Crippen molar-refractivity contribution in [3.63, 3.8) is 0 Å². The largest absolute Gasteiger partial charge is 0.349 e. The molecule has 2 aromatic rings. The van der Waals surface area contributed by atoms with Crippen LogP contribution in [-0.4, -0.2) is 25.9 Å². The van der Waals surface area contributed by atoms with Gasteiger partial charge in [0.1, 0.15) is 5.82 Å². The third kappa shape index (κ3) is 4.30. The molecule has 0 saturated heterocycles. The smallest absolute Gasteiger partial charge is 0.233 e. The molecule has 1 heterocycles. The number of nitrogens with one attached hydrogen (secondary N) is 1. The van der Waals surface area contributed by atoms with Gasteiger partial charge in [0.05, 0.1) is 11.3 Å². The first-order chi connectivity index (χ1) is 11.9. The van der Waals surface area contributed by atoms with E-state index in [0.29, 0.717) is 16.1 Å². The Morgan fingerprint density at radius 1 is 1.32 bits per heavy atom. The maximum absolute atomic E-state index is 12.6. The summed E-state index contributed by atoms with van der Waals surface area (Å²) in [5, 5.41) is 13.0. The number of amides is 1. The normalized spacial score (nSPS) is 16.5. The molecule has 0 unspecified atom stereocenters. The maximum atomic E-state index is 12.6. The zero-order valence-electron chi connectivity index (χ0n) is 14.3. The zero-order chi connectivity index (χ0) is 18.1. The highest BCUT2D eigenvalue weighted by Gasteiger charge is 2.30. The molecule has 5 nitrogen and oxygen atoms in total. The molecule has 0 spiro atoms. The highest BCUT2D eigenvalue weighted by molar-refractivity contribution is 8.00. The molecule has 1 saturated carbocycles. The highest BCUT2D eigenvalue weighted by atomic mass is 35.5. The molecule has 1 aliphatic rings. The van der Waals surface area contributed by atoms with Crippen molar-refractivity contribution in [1.82, 2.24) is 20.1 Å². The van der Waals surface area contributed by atoms with E-state index in [1.54, 1.807) is 12.1 Å². The molecule has 2 atom stereocenters. The van der Waals surface area contributed by atoms with Gasteiger partial charge in [-0.05, 0) is 51.3 Å². The van der Waals surface area contributed by atoms with Crippen molar-refractivity contribution in [2.45, 2.75) is 56.1 Å². The van der Waals surface area contributed by atoms with Crippen LogP contribution in [0.4, 0.5) is 0 Å². The van der Waals surface area contributed by atoms with Gasteiger partial charge in [0.2, 0.25) is 5.91 Å². The summed E-state index contributed by atoms with van der Waals surface area (Å²) < 4.78 is 2.13. The monoisotopic (exact) mass is 398 g/mol. The lowest BCUT2D eigenvalue weighted by molar-refractivity contribution is -0.120. The third-order valence-corrected chi connectivity index (χ3v) is 5.81. The van der Waals surface area contributed by atoms with Gasteiger partial charge < -0.3 is 9.88 Å². The van der Waals surface area contributed by atoms with Gasteiger partial charge in [0, 0.05) is 16.1 Å². The summed E-state index contributed by atoms with van der Waals surface area (Å²) in [5.41, 5.74) is 0.841. The molecule has 0 aliphatic heterocycles. The average Bonchev–Trinajstić information content (AvgIpc) is 3.31. The number of nitrogens with zero attached hydrogens (tertiary/aromatic N) is 3. The number of aryl methyl sites for hydroxylation is 1. The summed E-state index contributed by atoms with van der Waals surface area (Å²) >= 11 is 13.6. The molecule has 0 bridgehead atoms. The number of carbonyl (C=O) groups excluding carboxylic acids is 1. The molecule has 1 N–H and O–H groups in total. The second-order valence-electron chi connectivity index (χ2n) is 6.29. The predicted octanol–water partition coefficient (Wildman–Crippen LogP) is 4.59. The summed E-state index contributed by atoms with van der Waals surface area (Å²) in [5.74, 6) is 0.838. The highest BCUT2D eigenvalue weighted by Crippen LogP contribution is 2.39. The molecule has 0 radical (unpaired) electrons. The number of hydrogen-bond acceptors (Lipinski definition) is 4. The molecular weight excluding hydrogens is 379 g/mol. The Morgan fingerprint density at radius 3 is 2.68 bits per heavy atom. The number of carbonyl (C=O) groups is 1. The first-order valence-corrected chi connectivity index (χ1v) is 9.84. The molecule has 134 valence electrons. The van der Waals surface area contributed by atoms with Crippen molar-refractivity contribution in [1.29, 1.82) is 0 Å². The second kappa shape index (κ2) is 7.56. The van der Waals surface area contributed by atoms with Crippen LogP contribution in [0.2, 0.25) is 10.0 Å². The van der Waals surface area contributed by atoms with Crippen LogP contribution < -0.4 is 5.32 Å². The number of hydrogen-bond donors (Lipinski definition) is 1. The van der Waals surface area contributed by atoms with Gasteiger partial charge in [-0.25, -0.2) is 0 Å². The van der Waals surface area contributed by atoms with Gasteiger partial charge in [-0.15, -0.1) is 10.2 Å². The Morgan fingerprint density at radius 2 is 2.04 bits per heavy atom. The van der Waals surface area contributed by atoms with E-state index in [1.807, 2.05) is 26.8 Å². The van der Waals surface area contributed by atoms with Crippen molar-refractivity contribution in [3.05, 3.63) is 39.6 Å². The van der Waals surface area contributed by atoms with Gasteiger partial charge in [-0.2, -0.15) is 0 Å². The van der Waals surface area contributed by atoms with E-state index in [-0.39, 0.29) is 17.2 Å². The van der Waals surface area contributed by atoms with Crippen LogP contribution >= 0.6 is 35.0 Å². The Kier molecular flexibility index (Phi) is 5.61. The zero-order valence-corrected chi connectivity index (χ0v) is 16.6. The van der Waals surface area contributed by atoms with Crippen molar-refractivity contribution in [3.8, 4) is 0 Å². The molecule has 8 heteroatoms. The molecule has 3 rings (SSSR count). The molecule has 1 aromatic heterocycles. The molecule has 1 fully saturated rings. The van der Waals surface area contributed by atoms with E-state index < -0.39 is 0 Å². The van der Waals surface area contributed by atoms with Crippen LogP contribution in [-0.2, 0) is 4.79 Å². The van der Waals surface area contributed by atoms with Gasteiger partial charge >= 0.3 is 0 Å². The fourth-order valence-corrected chi connectivity index (χ4v) is 4.20. The third-order valence-electron chi connectivity index (χ3n) is 4.19. The van der Waals surface area contributed by atoms with Crippen molar-refractivity contribution in [2.24, 2.45) is 0 Å². The van der Waals surface area contributed by atoms with Crippen LogP contribution in [0.25, 0.3) is 0 Å². The fraction of sp³-hybridized carbons (Fsp3) is 0.471. The minimum absolute atomic E-state index is 0.0634. The minimum atomic E-state index is -0.283. The summed E-state index contributed by atoms with van der Waals surface area (Å²) in [7, 11) is 0. The van der Waals surface area contributed by atoms with Gasteiger partial charge in [-0.1, -0.05) is 41.0 Å². The van der Waals surface area contributed by atoms with Crippen molar-refractivity contribution >= 4 is 40.9 Å². The van der Waals surface area contributed by atoms with E-state index in [0.717, 1.165) is 29.4 Å². The van der Waals surface area contributed by atoms with Crippen molar-refractivity contribution in [2.75, 3.05) is 0 Å². The van der Waals surface area contributed by atoms with Crippen LogP contribution in [0.3, 0.4) is 0 Å². The van der Waals surface area contributed by atoms with Crippen LogP contribution in [0.5, 0.6) is 0 Å². The van der Waals surface area contributed by atoms with Gasteiger partial charge in [0.15, 0.2) is 5.16 Å². The number of rotatable bonds is 6. The van der Waals surface area contributed by atoms with Crippen molar-refractivity contribution < 1.29 is 4.79 Å². The molecule has 1 amide bonds. The van der Waals surface area contributed by atoms with E-state index >= 15 is 0 Å². The van der Waals surface area contributed by atoms with Gasteiger partial charge in [-0.3, -0.25) is 4.79 Å². The predicted molar refractivity (Wildman–Crippen MR) is 101 cm³/mol. The maximum Gasteiger partial charge on any atom is 0.233 e. The number of halogens is 2. The van der Waals surface area contributed by atoms with Crippen LogP contribution in [0, 0.1) is 6.92 Å². The van der Waals surface area contributed by atoms with E-state index in [2.05, 4.69) is 20.1 Å². The Bertz CT molecular complexity index is 791. The lowest BCUT2D eigenvalue weighted by Gasteiger charge is -2.19. The summed E-state index contributed by atoms with van der Waals surface area (Å²) in [6.45, 7) is 5.73. The molecule has 25 heavy (non-hydrogen) atoms. The molecule has 1 aromatic carbocycles. The quantitative estimate of drug-likeness (QED) is 0.722. The minimum Gasteiger partial charge on any atom is -0.349 e. The second-order valence-corrected chi connectivity index (χ2v) is 8.44. The SMILES string of the molecule is Cc1nnc(S[C@H](C)C(=O)N[C@@H](C)c2ccc(Cl)cc2Cl)n1C1CC1. The van der Waals surface area contributed by atoms with Crippen LogP contribution in [0.1, 0.15) is 50.2 Å². The molecule has 1 aliphatic carbocycles. The van der Waals surface area contributed by atoms with E-state index in [4.69, 9.17) is 23.2 Å². The Labute approximate surface area is 161 Å². The summed E-state index contributed by atoms with van der Waals surface area (Å²) in [6, 6.07) is 5.56. The molecular formula is C17H20Cl2N4OS. The van der Waals surface area contributed by atoms with Gasteiger partial charge in [0.25, 0.3) is 0 Å². The standard InChI is InChI=1S/C17H20Cl2N4OS/c1-9(14-7-4-12(18)8-15(14)19)20-16(24)10(2)25-17-22-21-11(3)23(17)13-5-6-13/h4,7-10,13H,5-6H2,1-3H3,(H,20,24)/t9-,10+/m0/s1. The average molecular weight is 399 g/mol. The Hall–Kier alpha value is -1.24. The Balaban J connectivity index is 1.64. The number of aromatic nitrogens is 3. The number of benzene rings is 1. The lowest BCUT2D eigenvalue weighted by atomic mass is 10.1. The first-order valence-electron chi connectivity index (χ1n) is 8.20. The fourth-order valence-electron chi connectivity index (χ4n) is 2.66. The lowest BCUT2D eigenvalue weighted by Crippen LogP contribution is -2.33. The van der Waals surface area contributed by atoms with E-state index in [9.17, 15) is 4.79 Å². The topological polar surface area (TPSA) is 59.8 Å². The summed E-state index contributed by atoms with van der Waals surface area (Å²) in [4.78, 5) is 12.6.